The molecule has 1 aliphatic heterocycles. The molecule has 0 spiro atoms. The first-order valence-corrected chi connectivity index (χ1v) is 14.7. The Morgan fingerprint density at radius 2 is 1.87 bits per heavy atom. The summed E-state index contributed by atoms with van der Waals surface area (Å²) in [5.74, 6) is -1.14. The monoisotopic (exact) mass is 555 g/mol. The maximum absolute atomic E-state index is 13.5. The van der Waals surface area contributed by atoms with Gasteiger partial charge in [0.1, 0.15) is 0 Å². The van der Waals surface area contributed by atoms with Crippen molar-refractivity contribution in [2.75, 3.05) is 13.1 Å². The van der Waals surface area contributed by atoms with Crippen LogP contribution in [0.4, 0.5) is 0 Å². The van der Waals surface area contributed by atoms with Crippen LogP contribution >= 0.6 is 11.6 Å². The Bertz CT molecular complexity index is 1520. The fraction of sp³-hybridized carbons (Fsp3) is 0.393. The number of sulfonamides is 1. The third-order valence-electron chi connectivity index (χ3n) is 7.66. The van der Waals surface area contributed by atoms with E-state index in [1.807, 2.05) is 18.2 Å². The molecule has 0 saturated carbocycles. The number of piperidine rings is 1. The number of rotatable bonds is 6. The van der Waals surface area contributed by atoms with Crippen LogP contribution in [0.3, 0.4) is 0 Å². The zero-order chi connectivity index (χ0) is 27.0. The van der Waals surface area contributed by atoms with E-state index < -0.39 is 16.0 Å². The average Bonchev–Trinajstić information content (AvgIpc) is 2.90. The molecule has 1 saturated heterocycles. The number of amides is 1. The number of aromatic nitrogens is 1. The number of carbonyl (C=O) groups is 2. The highest BCUT2D eigenvalue weighted by atomic mass is 35.5. The van der Waals surface area contributed by atoms with Gasteiger partial charge in [-0.15, -0.1) is 0 Å². The minimum absolute atomic E-state index is 0.0414. The van der Waals surface area contributed by atoms with Gasteiger partial charge in [0, 0.05) is 41.7 Å². The second kappa shape index (κ2) is 10.6. The minimum atomic E-state index is -3.87. The number of carboxylic acid groups (broad SMARTS) is 1. The van der Waals surface area contributed by atoms with E-state index in [-0.39, 0.29) is 35.4 Å². The molecule has 200 valence electrons. The second-order valence-electron chi connectivity index (χ2n) is 10.2. The first kappa shape index (κ1) is 26.6. The number of hydrogen-bond acceptors (Lipinski definition) is 5. The Morgan fingerprint density at radius 1 is 1.13 bits per heavy atom. The average molecular weight is 556 g/mol. The molecular weight excluding hydrogens is 526 g/mol. The summed E-state index contributed by atoms with van der Waals surface area (Å²) >= 11 is 6.16. The SMILES string of the molecule is C[C@H]1CCc2nc3ccc(S(=O)(=O)N4CCC(C(=O)NCc5ccccc5Cl)CC4)cc3c(C(=O)O)c2C1. The summed E-state index contributed by atoms with van der Waals surface area (Å²) in [5, 5.41) is 13.9. The Morgan fingerprint density at radius 3 is 2.58 bits per heavy atom. The van der Waals surface area contributed by atoms with Crippen LogP contribution in [0.2, 0.25) is 5.02 Å². The number of aryl methyl sites for hydroxylation is 1. The molecule has 10 heteroatoms. The molecule has 1 amide bonds. The Kier molecular flexibility index (Phi) is 7.44. The largest absolute Gasteiger partial charge is 0.478 e. The van der Waals surface area contributed by atoms with E-state index in [2.05, 4.69) is 17.2 Å². The minimum Gasteiger partial charge on any atom is -0.478 e. The molecule has 5 rings (SSSR count). The molecule has 2 N–H and O–H groups in total. The number of aromatic carboxylic acids is 1. The van der Waals surface area contributed by atoms with E-state index in [0.717, 1.165) is 17.7 Å². The number of benzene rings is 2. The first-order valence-electron chi connectivity index (χ1n) is 12.8. The fourth-order valence-electron chi connectivity index (χ4n) is 5.47. The van der Waals surface area contributed by atoms with Crippen LogP contribution in [0.5, 0.6) is 0 Å². The number of halogens is 1. The third kappa shape index (κ3) is 5.15. The Hall–Kier alpha value is -3.01. The van der Waals surface area contributed by atoms with Crippen LogP contribution < -0.4 is 5.32 Å². The number of carbonyl (C=O) groups excluding carboxylic acids is 1. The van der Waals surface area contributed by atoms with Crippen molar-refractivity contribution >= 4 is 44.4 Å². The Balaban J connectivity index is 1.33. The molecule has 38 heavy (non-hydrogen) atoms. The van der Waals surface area contributed by atoms with Gasteiger partial charge in [-0.25, -0.2) is 13.2 Å². The Labute approximate surface area is 227 Å². The summed E-state index contributed by atoms with van der Waals surface area (Å²) in [4.78, 5) is 29.7. The van der Waals surface area contributed by atoms with Crippen LogP contribution in [-0.2, 0) is 34.2 Å². The third-order valence-corrected chi connectivity index (χ3v) is 9.92. The van der Waals surface area contributed by atoms with Crippen molar-refractivity contribution in [2.24, 2.45) is 11.8 Å². The van der Waals surface area contributed by atoms with E-state index >= 15 is 0 Å². The predicted molar refractivity (Wildman–Crippen MR) is 145 cm³/mol. The summed E-state index contributed by atoms with van der Waals surface area (Å²) in [6, 6.07) is 11.8. The standard InChI is InChI=1S/C28H30ClN3O5S/c1-17-6-8-24-21(14-17)26(28(34)35)22-15-20(7-9-25(22)31-24)38(36,37)32-12-10-18(11-13-32)27(33)30-16-19-4-2-3-5-23(19)29/h2-5,7,9,15,17-18H,6,8,10-14,16H2,1H3,(H,30,33)(H,34,35)/t17-/m0/s1. The highest BCUT2D eigenvalue weighted by Crippen LogP contribution is 2.33. The van der Waals surface area contributed by atoms with E-state index in [4.69, 9.17) is 11.6 Å². The summed E-state index contributed by atoms with van der Waals surface area (Å²) in [6.45, 7) is 2.81. The number of nitrogens with zero attached hydrogens (tertiary/aromatic N) is 2. The lowest BCUT2D eigenvalue weighted by Gasteiger charge is -2.30. The molecule has 0 bridgehead atoms. The molecule has 2 aliphatic rings. The lowest BCUT2D eigenvalue weighted by Crippen LogP contribution is -2.42. The molecule has 0 radical (unpaired) electrons. The van der Waals surface area contributed by atoms with E-state index in [9.17, 15) is 23.1 Å². The highest BCUT2D eigenvalue weighted by molar-refractivity contribution is 7.89. The topological polar surface area (TPSA) is 117 Å². The number of carboxylic acids is 1. The predicted octanol–water partition coefficient (Wildman–Crippen LogP) is 4.43. The fourth-order valence-corrected chi connectivity index (χ4v) is 7.17. The molecule has 1 atom stereocenters. The molecular formula is C28H30ClN3O5S. The van der Waals surface area contributed by atoms with Crippen molar-refractivity contribution in [3.05, 3.63) is 69.9 Å². The lowest BCUT2D eigenvalue weighted by atomic mass is 9.84. The van der Waals surface area contributed by atoms with Crippen LogP contribution in [0, 0.1) is 11.8 Å². The van der Waals surface area contributed by atoms with Gasteiger partial charge in [0.25, 0.3) is 0 Å². The van der Waals surface area contributed by atoms with Crippen molar-refractivity contribution in [3.8, 4) is 0 Å². The van der Waals surface area contributed by atoms with Gasteiger partial charge >= 0.3 is 5.97 Å². The van der Waals surface area contributed by atoms with Gasteiger partial charge in [-0.3, -0.25) is 9.78 Å². The van der Waals surface area contributed by atoms with Crippen LogP contribution in [-0.4, -0.2) is 47.8 Å². The molecule has 2 heterocycles. The van der Waals surface area contributed by atoms with Gasteiger partial charge in [-0.1, -0.05) is 36.7 Å². The first-order chi connectivity index (χ1) is 18.1. The molecule has 1 aliphatic carbocycles. The zero-order valence-corrected chi connectivity index (χ0v) is 22.7. The van der Waals surface area contributed by atoms with Crippen molar-refractivity contribution in [3.63, 3.8) is 0 Å². The van der Waals surface area contributed by atoms with Crippen LogP contribution in [0.25, 0.3) is 10.9 Å². The maximum Gasteiger partial charge on any atom is 0.336 e. The van der Waals surface area contributed by atoms with E-state index in [1.165, 1.54) is 16.4 Å². The summed E-state index contributed by atoms with van der Waals surface area (Å²) in [7, 11) is -3.87. The number of nitrogens with one attached hydrogen (secondary N) is 1. The smallest absolute Gasteiger partial charge is 0.336 e. The molecule has 8 nitrogen and oxygen atoms in total. The molecule has 1 aromatic heterocycles. The van der Waals surface area contributed by atoms with Crippen molar-refractivity contribution in [2.45, 2.75) is 50.5 Å². The van der Waals surface area contributed by atoms with Crippen molar-refractivity contribution in [1.82, 2.24) is 14.6 Å². The summed E-state index contributed by atoms with van der Waals surface area (Å²) in [6.07, 6.45) is 3.07. The van der Waals surface area contributed by atoms with Gasteiger partial charge in [0.2, 0.25) is 15.9 Å². The maximum atomic E-state index is 13.5. The number of hydrogen-bond donors (Lipinski definition) is 2. The van der Waals surface area contributed by atoms with Crippen LogP contribution in [0.15, 0.2) is 47.4 Å². The molecule has 0 unspecified atom stereocenters. The second-order valence-corrected chi connectivity index (χ2v) is 12.6. The molecule has 1 fully saturated rings. The quantitative estimate of drug-likeness (QED) is 0.465. The van der Waals surface area contributed by atoms with Crippen LogP contribution in [0.1, 0.15) is 53.4 Å². The van der Waals surface area contributed by atoms with Crippen molar-refractivity contribution < 1.29 is 23.1 Å². The van der Waals surface area contributed by atoms with E-state index in [0.29, 0.717) is 59.6 Å². The number of pyridine rings is 1. The molecule has 3 aromatic rings. The van der Waals surface area contributed by atoms with E-state index in [1.54, 1.807) is 12.1 Å². The summed E-state index contributed by atoms with van der Waals surface area (Å²) in [5.41, 5.74) is 2.97. The van der Waals surface area contributed by atoms with Gasteiger partial charge in [-0.05, 0) is 73.4 Å². The number of fused-ring (bicyclic) bond motifs is 2. The lowest BCUT2D eigenvalue weighted by molar-refractivity contribution is -0.126. The highest BCUT2D eigenvalue weighted by Gasteiger charge is 2.33. The normalized spacial score (nSPS) is 18.7. The van der Waals surface area contributed by atoms with Crippen molar-refractivity contribution in [1.29, 1.82) is 0 Å². The molecule has 2 aromatic carbocycles. The zero-order valence-electron chi connectivity index (χ0n) is 21.1. The van der Waals surface area contributed by atoms with Gasteiger partial charge in [-0.2, -0.15) is 4.31 Å². The van der Waals surface area contributed by atoms with Gasteiger partial charge in [0.15, 0.2) is 0 Å². The summed E-state index contributed by atoms with van der Waals surface area (Å²) < 4.78 is 28.4. The van der Waals surface area contributed by atoms with Gasteiger partial charge in [0.05, 0.1) is 16.0 Å². The van der Waals surface area contributed by atoms with Gasteiger partial charge < -0.3 is 10.4 Å².